The summed E-state index contributed by atoms with van der Waals surface area (Å²) in [5.74, 6) is 1.02. The summed E-state index contributed by atoms with van der Waals surface area (Å²) < 4.78 is 16.9. The van der Waals surface area contributed by atoms with Crippen molar-refractivity contribution in [3.63, 3.8) is 0 Å². The third-order valence-corrected chi connectivity index (χ3v) is 4.94. The van der Waals surface area contributed by atoms with Gasteiger partial charge in [-0.15, -0.1) is 0 Å². The number of carbonyl (C=O) groups excluding carboxylic acids is 1. The molecule has 7 heteroatoms. The molecule has 0 spiro atoms. The van der Waals surface area contributed by atoms with Crippen molar-refractivity contribution in [3.8, 4) is 23.3 Å². The molecule has 0 aliphatic rings. The predicted molar refractivity (Wildman–Crippen MR) is 133 cm³/mol. The summed E-state index contributed by atoms with van der Waals surface area (Å²) in [5.41, 5.74) is 2.07. The van der Waals surface area contributed by atoms with Crippen molar-refractivity contribution < 1.29 is 19.0 Å². The van der Waals surface area contributed by atoms with Crippen LogP contribution in [-0.2, 0) is 11.4 Å². The molecular weight excluding hydrogens is 452 g/mol. The highest BCUT2D eigenvalue weighted by Crippen LogP contribution is 2.37. The highest BCUT2D eigenvalue weighted by molar-refractivity contribution is 6.32. The molecule has 0 radical (unpaired) electrons. The van der Waals surface area contributed by atoms with Crippen molar-refractivity contribution in [2.45, 2.75) is 20.5 Å². The van der Waals surface area contributed by atoms with E-state index in [9.17, 15) is 10.1 Å². The molecule has 3 rings (SSSR count). The molecule has 0 atom stereocenters. The number of nitriles is 1. The number of ether oxygens (including phenoxy) is 3. The second kappa shape index (κ2) is 12.3. The molecule has 3 aromatic carbocycles. The summed E-state index contributed by atoms with van der Waals surface area (Å²) in [6.45, 7) is 4.98. The van der Waals surface area contributed by atoms with Crippen molar-refractivity contribution in [2.75, 3.05) is 18.5 Å². The lowest BCUT2D eigenvalue weighted by atomic mass is 10.1. The predicted octanol–water partition coefficient (Wildman–Crippen LogP) is 6.26. The van der Waals surface area contributed by atoms with E-state index in [0.717, 1.165) is 5.56 Å². The van der Waals surface area contributed by atoms with Crippen LogP contribution in [0.25, 0.3) is 6.08 Å². The summed E-state index contributed by atoms with van der Waals surface area (Å²) in [5, 5.41) is 12.6. The summed E-state index contributed by atoms with van der Waals surface area (Å²) >= 11 is 6.34. The lowest BCUT2D eigenvalue weighted by Crippen LogP contribution is -2.13. The molecule has 0 fully saturated rings. The van der Waals surface area contributed by atoms with Gasteiger partial charge in [0.1, 0.15) is 24.0 Å². The Morgan fingerprint density at radius 3 is 2.35 bits per heavy atom. The van der Waals surface area contributed by atoms with Crippen LogP contribution in [0, 0.1) is 11.3 Å². The zero-order valence-electron chi connectivity index (χ0n) is 19.0. The van der Waals surface area contributed by atoms with Gasteiger partial charge in [0.2, 0.25) is 0 Å². The average molecular weight is 477 g/mol. The molecule has 174 valence electrons. The van der Waals surface area contributed by atoms with E-state index in [1.54, 1.807) is 36.4 Å². The zero-order valence-corrected chi connectivity index (χ0v) is 19.8. The van der Waals surface area contributed by atoms with Gasteiger partial charge in [-0.2, -0.15) is 5.26 Å². The van der Waals surface area contributed by atoms with Crippen LogP contribution in [0.15, 0.2) is 72.3 Å². The fourth-order valence-electron chi connectivity index (χ4n) is 3.11. The van der Waals surface area contributed by atoms with Crippen LogP contribution < -0.4 is 19.5 Å². The minimum atomic E-state index is -0.538. The van der Waals surface area contributed by atoms with E-state index in [4.69, 9.17) is 25.8 Å². The molecule has 0 aliphatic heterocycles. The number of amides is 1. The van der Waals surface area contributed by atoms with E-state index in [1.165, 1.54) is 6.08 Å². The van der Waals surface area contributed by atoms with Crippen molar-refractivity contribution in [3.05, 3.63) is 88.5 Å². The number of nitrogens with zero attached hydrogens (tertiary/aromatic N) is 1. The molecule has 0 saturated carbocycles. The standard InChI is InChI=1S/C27H25ClN2O4/c1-3-32-25-16-20(15-24(28)26(25)33-4-2)14-21(17-29)27(31)30-22-10-12-23(13-11-22)34-18-19-8-6-5-7-9-19/h5-16H,3-4,18H2,1-2H3,(H,30,31)/b21-14+. The van der Waals surface area contributed by atoms with E-state index < -0.39 is 5.91 Å². The van der Waals surface area contributed by atoms with Crippen LogP contribution in [0.3, 0.4) is 0 Å². The van der Waals surface area contributed by atoms with Gasteiger partial charge in [-0.3, -0.25) is 4.79 Å². The Balaban J connectivity index is 1.70. The highest BCUT2D eigenvalue weighted by atomic mass is 35.5. The van der Waals surface area contributed by atoms with Gasteiger partial charge in [0, 0.05) is 5.69 Å². The van der Waals surface area contributed by atoms with Gasteiger partial charge in [0.15, 0.2) is 11.5 Å². The number of rotatable bonds is 10. The van der Waals surface area contributed by atoms with E-state index in [1.807, 2.05) is 50.2 Å². The van der Waals surface area contributed by atoms with Crippen molar-refractivity contribution in [2.24, 2.45) is 0 Å². The Morgan fingerprint density at radius 1 is 1.00 bits per heavy atom. The lowest BCUT2D eigenvalue weighted by molar-refractivity contribution is -0.112. The van der Waals surface area contributed by atoms with Gasteiger partial charge in [-0.05, 0) is 67.4 Å². The molecule has 0 unspecified atom stereocenters. The minimum absolute atomic E-state index is 0.0768. The molecule has 0 aromatic heterocycles. The van der Waals surface area contributed by atoms with Crippen LogP contribution in [0.2, 0.25) is 5.02 Å². The molecule has 6 nitrogen and oxygen atoms in total. The lowest BCUT2D eigenvalue weighted by Gasteiger charge is -2.13. The van der Waals surface area contributed by atoms with Gasteiger partial charge in [-0.25, -0.2) is 0 Å². The van der Waals surface area contributed by atoms with Crippen molar-refractivity contribution >= 4 is 29.3 Å². The summed E-state index contributed by atoms with van der Waals surface area (Å²) in [6.07, 6.45) is 1.46. The van der Waals surface area contributed by atoms with Crippen LogP contribution >= 0.6 is 11.6 Å². The van der Waals surface area contributed by atoms with E-state index >= 15 is 0 Å². The maximum absolute atomic E-state index is 12.7. The van der Waals surface area contributed by atoms with E-state index in [0.29, 0.717) is 53.3 Å². The van der Waals surface area contributed by atoms with E-state index in [2.05, 4.69) is 5.32 Å². The van der Waals surface area contributed by atoms with Gasteiger partial charge in [0.05, 0.1) is 18.2 Å². The molecule has 1 amide bonds. The van der Waals surface area contributed by atoms with Gasteiger partial charge in [0.25, 0.3) is 5.91 Å². The first-order valence-electron chi connectivity index (χ1n) is 10.8. The number of nitrogens with one attached hydrogen (secondary N) is 1. The maximum atomic E-state index is 12.7. The average Bonchev–Trinajstić information content (AvgIpc) is 2.85. The molecule has 0 saturated heterocycles. The molecule has 0 heterocycles. The Morgan fingerprint density at radius 2 is 1.71 bits per heavy atom. The van der Waals surface area contributed by atoms with Gasteiger partial charge < -0.3 is 19.5 Å². The summed E-state index contributed by atoms with van der Waals surface area (Å²) in [4.78, 5) is 12.7. The minimum Gasteiger partial charge on any atom is -0.490 e. The normalized spacial score (nSPS) is 10.8. The second-order valence-electron chi connectivity index (χ2n) is 7.12. The largest absolute Gasteiger partial charge is 0.490 e. The number of hydrogen-bond acceptors (Lipinski definition) is 5. The molecule has 0 bridgehead atoms. The van der Waals surface area contributed by atoms with Gasteiger partial charge >= 0.3 is 0 Å². The van der Waals surface area contributed by atoms with Crippen molar-refractivity contribution in [1.29, 1.82) is 5.26 Å². The second-order valence-corrected chi connectivity index (χ2v) is 7.53. The first kappa shape index (κ1) is 24.7. The number of benzene rings is 3. The fourth-order valence-corrected chi connectivity index (χ4v) is 3.38. The topological polar surface area (TPSA) is 80.6 Å². The van der Waals surface area contributed by atoms with Crippen LogP contribution in [0.1, 0.15) is 25.0 Å². The number of hydrogen-bond donors (Lipinski definition) is 1. The van der Waals surface area contributed by atoms with Crippen LogP contribution in [0.5, 0.6) is 17.2 Å². The third kappa shape index (κ3) is 6.77. The Hall–Kier alpha value is -3.95. The smallest absolute Gasteiger partial charge is 0.266 e. The Kier molecular flexibility index (Phi) is 8.96. The zero-order chi connectivity index (χ0) is 24.3. The number of carbonyl (C=O) groups is 1. The summed E-state index contributed by atoms with van der Waals surface area (Å²) in [6, 6.07) is 22.0. The van der Waals surface area contributed by atoms with Crippen LogP contribution in [0.4, 0.5) is 5.69 Å². The molecule has 3 aromatic rings. The Labute approximate surface area is 204 Å². The van der Waals surface area contributed by atoms with Crippen molar-refractivity contribution in [1.82, 2.24) is 0 Å². The Bertz CT molecular complexity index is 1190. The maximum Gasteiger partial charge on any atom is 0.266 e. The third-order valence-electron chi connectivity index (χ3n) is 4.66. The first-order valence-corrected chi connectivity index (χ1v) is 11.2. The van der Waals surface area contributed by atoms with Crippen LogP contribution in [-0.4, -0.2) is 19.1 Å². The summed E-state index contributed by atoms with van der Waals surface area (Å²) in [7, 11) is 0. The molecule has 1 N–H and O–H groups in total. The molecule has 0 aliphatic carbocycles. The quantitative estimate of drug-likeness (QED) is 0.276. The molecular formula is C27H25ClN2O4. The number of anilines is 1. The number of halogens is 1. The van der Waals surface area contributed by atoms with E-state index in [-0.39, 0.29) is 5.57 Å². The highest BCUT2D eigenvalue weighted by Gasteiger charge is 2.14. The molecule has 34 heavy (non-hydrogen) atoms. The monoisotopic (exact) mass is 476 g/mol. The first-order chi connectivity index (χ1) is 16.5. The van der Waals surface area contributed by atoms with Gasteiger partial charge in [-0.1, -0.05) is 41.9 Å². The fraction of sp³-hybridized carbons (Fsp3) is 0.185. The SMILES string of the molecule is CCOc1cc(/C=C(\C#N)C(=O)Nc2ccc(OCc3ccccc3)cc2)cc(Cl)c1OCC.